The van der Waals surface area contributed by atoms with Gasteiger partial charge in [-0.3, -0.25) is 14.9 Å². The smallest absolute Gasteiger partial charge is 0.271 e. The highest BCUT2D eigenvalue weighted by Gasteiger charge is 2.20. The Kier molecular flexibility index (Phi) is 4.90. The third-order valence-electron chi connectivity index (χ3n) is 2.68. The molecule has 6 nitrogen and oxygen atoms in total. The fourth-order valence-electron chi connectivity index (χ4n) is 1.64. The highest BCUT2D eigenvalue weighted by molar-refractivity contribution is 9.10. The van der Waals surface area contributed by atoms with Crippen LogP contribution in [-0.2, 0) is 0 Å². The van der Waals surface area contributed by atoms with E-state index in [1.54, 1.807) is 0 Å². The van der Waals surface area contributed by atoms with E-state index in [-0.39, 0.29) is 20.7 Å². The van der Waals surface area contributed by atoms with Crippen LogP contribution in [0, 0.1) is 10.1 Å². The van der Waals surface area contributed by atoms with E-state index < -0.39 is 16.6 Å². The molecule has 2 rings (SSSR count). The van der Waals surface area contributed by atoms with Gasteiger partial charge in [0, 0.05) is 17.8 Å². The molecule has 0 aliphatic rings. The number of carbonyl (C=O) groups excluding carboxylic acids is 1. The van der Waals surface area contributed by atoms with Crippen LogP contribution in [0.5, 0.6) is 5.75 Å². The van der Waals surface area contributed by atoms with Crippen LogP contribution < -0.4 is 5.32 Å². The number of nitro groups is 1. The molecule has 2 aromatic rings. The SMILES string of the molecule is O=C(Nc1ccc(Cl)c(Cl)c1)c1cc([N+](=O)[O-])cc(Br)c1O. The first kappa shape index (κ1) is 16.5. The van der Waals surface area contributed by atoms with Crippen LogP contribution in [0.2, 0.25) is 10.0 Å². The molecule has 1 amide bonds. The van der Waals surface area contributed by atoms with Crippen molar-refractivity contribution in [3.8, 4) is 5.75 Å². The third kappa shape index (κ3) is 3.49. The zero-order valence-corrected chi connectivity index (χ0v) is 13.7. The summed E-state index contributed by atoms with van der Waals surface area (Å²) in [6, 6.07) is 6.50. The minimum Gasteiger partial charge on any atom is -0.506 e. The number of nitrogens with one attached hydrogen (secondary N) is 1. The number of anilines is 1. The summed E-state index contributed by atoms with van der Waals surface area (Å²) in [4.78, 5) is 22.3. The number of halogens is 3. The molecule has 0 saturated carbocycles. The monoisotopic (exact) mass is 404 g/mol. The van der Waals surface area contributed by atoms with Gasteiger partial charge in [-0.15, -0.1) is 0 Å². The Morgan fingerprint density at radius 1 is 1.23 bits per heavy atom. The minimum atomic E-state index is -0.722. The fraction of sp³-hybridized carbons (Fsp3) is 0. The van der Waals surface area contributed by atoms with E-state index in [9.17, 15) is 20.0 Å². The number of rotatable bonds is 3. The van der Waals surface area contributed by atoms with Crippen LogP contribution in [0.15, 0.2) is 34.8 Å². The third-order valence-corrected chi connectivity index (χ3v) is 4.02. The fourth-order valence-corrected chi connectivity index (χ4v) is 2.38. The van der Waals surface area contributed by atoms with Gasteiger partial charge in [0.2, 0.25) is 0 Å². The number of amides is 1. The van der Waals surface area contributed by atoms with E-state index in [0.29, 0.717) is 10.7 Å². The molecule has 0 atom stereocenters. The van der Waals surface area contributed by atoms with Crippen molar-refractivity contribution in [2.75, 3.05) is 5.32 Å². The minimum absolute atomic E-state index is 0.0426. The normalized spacial score (nSPS) is 10.3. The summed E-state index contributed by atoms with van der Waals surface area (Å²) in [6.07, 6.45) is 0. The van der Waals surface area contributed by atoms with Gasteiger partial charge in [-0.1, -0.05) is 23.2 Å². The molecule has 0 spiro atoms. The molecule has 0 radical (unpaired) electrons. The number of aromatic hydroxyl groups is 1. The number of phenolic OH excluding ortho intramolecular Hbond substituents is 1. The average Bonchev–Trinajstić information content (AvgIpc) is 2.45. The van der Waals surface area contributed by atoms with E-state index >= 15 is 0 Å². The Morgan fingerprint density at radius 2 is 1.91 bits per heavy atom. The lowest BCUT2D eigenvalue weighted by Crippen LogP contribution is -2.12. The maximum Gasteiger partial charge on any atom is 0.271 e. The number of non-ortho nitro benzene ring substituents is 1. The van der Waals surface area contributed by atoms with Crippen LogP contribution in [0.1, 0.15) is 10.4 Å². The second-order valence-corrected chi connectivity index (χ2v) is 5.83. The van der Waals surface area contributed by atoms with Gasteiger partial charge in [0.1, 0.15) is 5.75 Å². The summed E-state index contributed by atoms with van der Waals surface area (Å²) in [5.74, 6) is -1.12. The van der Waals surface area contributed by atoms with Crippen LogP contribution in [0.25, 0.3) is 0 Å². The van der Waals surface area contributed by atoms with Crippen molar-refractivity contribution in [3.05, 3.63) is 60.5 Å². The molecule has 0 aromatic heterocycles. The first-order chi connectivity index (χ1) is 10.3. The molecule has 22 heavy (non-hydrogen) atoms. The lowest BCUT2D eigenvalue weighted by Gasteiger charge is -2.09. The number of nitrogens with zero attached hydrogens (tertiary/aromatic N) is 1. The predicted octanol–water partition coefficient (Wildman–Crippen LogP) is 4.62. The van der Waals surface area contributed by atoms with Crippen LogP contribution in [0.4, 0.5) is 11.4 Å². The van der Waals surface area contributed by atoms with E-state index in [2.05, 4.69) is 21.2 Å². The summed E-state index contributed by atoms with van der Waals surface area (Å²) in [6.45, 7) is 0. The van der Waals surface area contributed by atoms with Gasteiger partial charge in [-0.25, -0.2) is 0 Å². The molecule has 0 bridgehead atoms. The van der Waals surface area contributed by atoms with Crippen LogP contribution in [-0.4, -0.2) is 15.9 Å². The lowest BCUT2D eigenvalue weighted by atomic mass is 10.1. The summed E-state index contributed by atoms with van der Waals surface area (Å²) in [5.41, 5.74) is -0.238. The lowest BCUT2D eigenvalue weighted by molar-refractivity contribution is -0.385. The Balaban J connectivity index is 2.36. The summed E-state index contributed by atoms with van der Waals surface area (Å²) < 4.78 is 0.0426. The number of phenols is 1. The first-order valence-corrected chi connectivity index (χ1v) is 7.28. The zero-order valence-electron chi connectivity index (χ0n) is 10.6. The topological polar surface area (TPSA) is 92.5 Å². The van der Waals surface area contributed by atoms with Gasteiger partial charge in [0.25, 0.3) is 11.6 Å². The van der Waals surface area contributed by atoms with Crippen LogP contribution in [0.3, 0.4) is 0 Å². The van der Waals surface area contributed by atoms with Crippen molar-refractivity contribution in [2.24, 2.45) is 0 Å². The number of hydrogen-bond donors (Lipinski definition) is 2. The number of hydrogen-bond acceptors (Lipinski definition) is 4. The van der Waals surface area contributed by atoms with Crippen molar-refractivity contribution in [3.63, 3.8) is 0 Å². The average molecular weight is 406 g/mol. The largest absolute Gasteiger partial charge is 0.506 e. The van der Waals surface area contributed by atoms with Crippen molar-refractivity contribution in [1.29, 1.82) is 0 Å². The molecule has 2 N–H and O–H groups in total. The van der Waals surface area contributed by atoms with Gasteiger partial charge in [-0.05, 0) is 34.1 Å². The molecular formula is C13H7BrCl2N2O4. The molecule has 114 valence electrons. The Labute approximate surface area is 142 Å². The number of carbonyl (C=O) groups is 1. The second kappa shape index (κ2) is 6.51. The molecule has 0 aliphatic carbocycles. The Morgan fingerprint density at radius 3 is 2.50 bits per heavy atom. The quantitative estimate of drug-likeness (QED) is 0.575. The van der Waals surface area contributed by atoms with Gasteiger partial charge in [-0.2, -0.15) is 0 Å². The van der Waals surface area contributed by atoms with E-state index in [1.807, 2.05) is 0 Å². The maximum absolute atomic E-state index is 12.2. The van der Waals surface area contributed by atoms with Gasteiger partial charge in [0.05, 0.1) is 25.0 Å². The Hall–Kier alpha value is -1.83. The number of nitro benzene ring substituents is 1. The predicted molar refractivity (Wildman–Crippen MR) is 86.9 cm³/mol. The van der Waals surface area contributed by atoms with E-state index in [0.717, 1.165) is 12.1 Å². The highest BCUT2D eigenvalue weighted by atomic mass is 79.9. The molecule has 2 aromatic carbocycles. The first-order valence-electron chi connectivity index (χ1n) is 5.73. The van der Waals surface area contributed by atoms with Crippen molar-refractivity contribution < 1.29 is 14.8 Å². The zero-order chi connectivity index (χ0) is 16.4. The second-order valence-electron chi connectivity index (χ2n) is 4.16. The standard InChI is InChI=1S/C13H7BrCl2N2O4/c14-9-5-7(18(21)22)4-8(12(9)19)13(20)17-6-1-2-10(15)11(16)3-6/h1-5,19H,(H,17,20). The van der Waals surface area contributed by atoms with Gasteiger partial charge in [0.15, 0.2) is 0 Å². The summed E-state index contributed by atoms with van der Waals surface area (Å²) in [7, 11) is 0. The summed E-state index contributed by atoms with van der Waals surface area (Å²) in [5, 5.41) is 23.7. The van der Waals surface area contributed by atoms with Gasteiger partial charge >= 0.3 is 0 Å². The molecule has 0 aliphatic heterocycles. The maximum atomic E-state index is 12.2. The molecule has 0 heterocycles. The summed E-state index contributed by atoms with van der Waals surface area (Å²) >= 11 is 14.6. The van der Waals surface area contributed by atoms with Crippen molar-refractivity contribution in [1.82, 2.24) is 0 Å². The van der Waals surface area contributed by atoms with Crippen molar-refractivity contribution in [2.45, 2.75) is 0 Å². The van der Waals surface area contributed by atoms with Crippen molar-refractivity contribution >= 4 is 56.4 Å². The van der Waals surface area contributed by atoms with Crippen LogP contribution >= 0.6 is 39.1 Å². The molecule has 0 fully saturated rings. The van der Waals surface area contributed by atoms with Gasteiger partial charge < -0.3 is 10.4 Å². The van der Waals surface area contributed by atoms with E-state index in [1.165, 1.54) is 18.2 Å². The molecule has 9 heteroatoms. The number of benzene rings is 2. The Bertz CT molecular complexity index is 783. The molecular weight excluding hydrogens is 399 g/mol. The molecule has 0 saturated heterocycles. The van der Waals surface area contributed by atoms with E-state index in [4.69, 9.17) is 23.2 Å². The molecule has 0 unspecified atom stereocenters. The highest BCUT2D eigenvalue weighted by Crippen LogP contribution is 2.33.